The highest BCUT2D eigenvalue weighted by Gasteiger charge is 2.25. The smallest absolute Gasteiger partial charge is 0.361 e. The van der Waals surface area contributed by atoms with Crippen LogP contribution in [0.1, 0.15) is 174 Å². The summed E-state index contributed by atoms with van der Waals surface area (Å²) >= 11 is 0. The molecule has 2 unspecified atom stereocenters. The number of carboxylic acids is 1. The molecule has 1 N–H and O–H groups in total. The standard InChI is InChI=1S/C47H83NO8/c1-6-8-10-12-14-16-18-20-22-24-25-27-29-31-33-35-37-44(49)54-41-43(42-55-47(46(51)52)53-40-39-48(3,4)5)56-45(50)38-36-34-32-30-28-26-23-21-19-17-15-13-11-9-7-2/h9,11,15,17,21,23,28,30,43,47H,6-8,10,12-14,16,18-20,22,24-27,29,31-42H2,1-5H3/p+1/b11-9-,17-15-,23-21-,30-28-. The number of carboxylic acid groups (broad SMARTS) is 1. The Morgan fingerprint density at radius 3 is 1.52 bits per heavy atom. The molecule has 0 bridgehead atoms. The van der Waals surface area contributed by atoms with Crippen LogP contribution in [0, 0.1) is 0 Å². The van der Waals surface area contributed by atoms with E-state index in [1.807, 2.05) is 21.1 Å². The van der Waals surface area contributed by atoms with Crippen LogP contribution in [0.4, 0.5) is 0 Å². The molecule has 324 valence electrons. The molecule has 0 aliphatic heterocycles. The summed E-state index contributed by atoms with van der Waals surface area (Å²) in [5.74, 6) is -2.06. The van der Waals surface area contributed by atoms with Gasteiger partial charge in [0.05, 0.1) is 34.4 Å². The lowest BCUT2D eigenvalue weighted by Crippen LogP contribution is -2.40. The molecule has 56 heavy (non-hydrogen) atoms. The normalized spacial score (nSPS) is 13.4. The number of unbranched alkanes of at least 4 members (excludes halogenated alkanes) is 17. The van der Waals surface area contributed by atoms with Gasteiger partial charge in [0.1, 0.15) is 13.2 Å². The van der Waals surface area contributed by atoms with E-state index in [0.29, 0.717) is 23.9 Å². The van der Waals surface area contributed by atoms with Gasteiger partial charge in [-0.25, -0.2) is 4.79 Å². The molecule has 2 atom stereocenters. The second-order valence-corrected chi connectivity index (χ2v) is 16.0. The minimum Gasteiger partial charge on any atom is -0.477 e. The van der Waals surface area contributed by atoms with E-state index in [2.05, 4.69) is 62.5 Å². The van der Waals surface area contributed by atoms with Crippen LogP contribution in [0.15, 0.2) is 48.6 Å². The van der Waals surface area contributed by atoms with Gasteiger partial charge < -0.3 is 28.5 Å². The largest absolute Gasteiger partial charge is 0.477 e. The molecule has 0 aliphatic rings. The number of quaternary nitrogens is 1. The van der Waals surface area contributed by atoms with Crippen LogP contribution in [-0.2, 0) is 33.3 Å². The number of likely N-dealkylation sites (N-methyl/N-ethyl adjacent to an activating group) is 1. The fraction of sp³-hybridized carbons (Fsp3) is 0.766. The quantitative estimate of drug-likeness (QED) is 0.0215. The van der Waals surface area contributed by atoms with E-state index in [9.17, 15) is 19.5 Å². The highest BCUT2D eigenvalue weighted by molar-refractivity contribution is 5.71. The van der Waals surface area contributed by atoms with Crippen molar-refractivity contribution in [1.29, 1.82) is 0 Å². The van der Waals surface area contributed by atoms with E-state index in [1.165, 1.54) is 83.5 Å². The number of rotatable bonds is 40. The van der Waals surface area contributed by atoms with Crippen LogP contribution in [0.5, 0.6) is 0 Å². The number of aliphatic carboxylic acids is 1. The molecule has 0 aromatic carbocycles. The molecular weight excluding hydrogens is 707 g/mol. The minimum absolute atomic E-state index is 0.179. The van der Waals surface area contributed by atoms with E-state index in [1.54, 1.807) is 0 Å². The first-order valence-electron chi connectivity index (χ1n) is 22.3. The molecule has 0 aromatic rings. The van der Waals surface area contributed by atoms with Gasteiger partial charge in [-0.15, -0.1) is 0 Å². The van der Waals surface area contributed by atoms with Gasteiger partial charge in [0, 0.05) is 12.8 Å². The van der Waals surface area contributed by atoms with Crippen molar-refractivity contribution >= 4 is 17.9 Å². The lowest BCUT2D eigenvalue weighted by atomic mass is 10.0. The third-order valence-electron chi connectivity index (χ3n) is 9.35. The van der Waals surface area contributed by atoms with Gasteiger partial charge in [0.25, 0.3) is 6.29 Å². The number of hydrogen-bond donors (Lipinski definition) is 1. The summed E-state index contributed by atoms with van der Waals surface area (Å²) in [4.78, 5) is 37.1. The Balaban J connectivity index is 4.50. The first-order chi connectivity index (χ1) is 27.1. The average molecular weight is 791 g/mol. The van der Waals surface area contributed by atoms with Crippen LogP contribution in [0.25, 0.3) is 0 Å². The van der Waals surface area contributed by atoms with E-state index in [4.69, 9.17) is 18.9 Å². The van der Waals surface area contributed by atoms with Gasteiger partial charge in [0.15, 0.2) is 6.10 Å². The van der Waals surface area contributed by atoms with Crippen LogP contribution < -0.4 is 0 Å². The van der Waals surface area contributed by atoms with Gasteiger partial charge in [-0.05, 0) is 51.4 Å². The molecular formula is C47H84NO8+. The Kier molecular flexibility index (Phi) is 37.2. The first-order valence-corrected chi connectivity index (χ1v) is 22.3. The summed E-state index contributed by atoms with van der Waals surface area (Å²) in [5.41, 5.74) is 0. The summed E-state index contributed by atoms with van der Waals surface area (Å²) < 4.78 is 22.7. The second kappa shape index (κ2) is 39.1. The lowest BCUT2D eigenvalue weighted by Gasteiger charge is -2.25. The average Bonchev–Trinajstić information content (AvgIpc) is 3.15. The number of nitrogens with zero attached hydrogens (tertiary/aromatic N) is 1. The van der Waals surface area contributed by atoms with Crippen molar-refractivity contribution in [3.63, 3.8) is 0 Å². The zero-order valence-electron chi connectivity index (χ0n) is 36.5. The second-order valence-electron chi connectivity index (χ2n) is 16.0. The van der Waals surface area contributed by atoms with E-state index >= 15 is 0 Å². The summed E-state index contributed by atoms with van der Waals surface area (Å²) in [6.07, 6.45) is 41.7. The number of ether oxygens (including phenoxy) is 4. The highest BCUT2D eigenvalue weighted by Crippen LogP contribution is 2.15. The Hall–Kier alpha value is -2.75. The van der Waals surface area contributed by atoms with Crippen LogP contribution in [0.2, 0.25) is 0 Å². The van der Waals surface area contributed by atoms with Gasteiger partial charge in [-0.1, -0.05) is 159 Å². The summed E-state index contributed by atoms with van der Waals surface area (Å²) in [7, 11) is 5.94. The van der Waals surface area contributed by atoms with Crippen molar-refractivity contribution < 1.29 is 42.9 Å². The Labute approximate surface area is 342 Å². The Morgan fingerprint density at radius 2 is 1.02 bits per heavy atom. The van der Waals surface area contributed by atoms with Crippen molar-refractivity contribution in [3.8, 4) is 0 Å². The summed E-state index contributed by atoms with van der Waals surface area (Å²) in [6, 6.07) is 0. The lowest BCUT2D eigenvalue weighted by molar-refractivity contribution is -0.870. The molecule has 9 nitrogen and oxygen atoms in total. The molecule has 0 amide bonds. The molecule has 0 fully saturated rings. The van der Waals surface area contributed by atoms with Crippen LogP contribution >= 0.6 is 0 Å². The zero-order chi connectivity index (χ0) is 41.4. The number of allylic oxidation sites excluding steroid dienone is 8. The van der Waals surface area contributed by atoms with Crippen molar-refractivity contribution in [2.45, 2.75) is 187 Å². The molecule has 0 aromatic heterocycles. The highest BCUT2D eigenvalue weighted by atomic mass is 16.7. The molecule has 0 radical (unpaired) electrons. The van der Waals surface area contributed by atoms with Crippen molar-refractivity contribution in [3.05, 3.63) is 48.6 Å². The SMILES string of the molecule is CC/C=C\C/C=C\C/C=C\C/C=C\CCCCC(=O)OC(COC(=O)CCCCCCCCCCCCCCCCCC)COC(OCC[N+](C)(C)C)C(=O)O. The topological polar surface area (TPSA) is 108 Å². The number of carbonyl (C=O) groups is 3. The van der Waals surface area contributed by atoms with Gasteiger partial charge >= 0.3 is 17.9 Å². The number of carbonyl (C=O) groups excluding carboxylic acids is 2. The van der Waals surface area contributed by atoms with Gasteiger partial charge in [0.2, 0.25) is 0 Å². The maximum absolute atomic E-state index is 12.7. The van der Waals surface area contributed by atoms with Crippen molar-refractivity contribution in [2.24, 2.45) is 0 Å². The van der Waals surface area contributed by atoms with E-state index in [0.717, 1.165) is 57.8 Å². The van der Waals surface area contributed by atoms with Crippen LogP contribution in [0.3, 0.4) is 0 Å². The molecule has 0 rings (SSSR count). The molecule has 0 aliphatic carbocycles. The minimum atomic E-state index is -1.52. The third kappa shape index (κ3) is 39.5. The fourth-order valence-electron chi connectivity index (χ4n) is 5.88. The molecule has 0 saturated heterocycles. The maximum Gasteiger partial charge on any atom is 0.361 e. The fourth-order valence-corrected chi connectivity index (χ4v) is 5.88. The molecule has 0 saturated carbocycles. The summed E-state index contributed by atoms with van der Waals surface area (Å²) in [6.45, 7) is 4.70. The zero-order valence-corrected chi connectivity index (χ0v) is 36.5. The third-order valence-corrected chi connectivity index (χ3v) is 9.35. The Bertz CT molecular complexity index is 1060. The maximum atomic E-state index is 12.7. The number of esters is 2. The first kappa shape index (κ1) is 53.2. The van der Waals surface area contributed by atoms with E-state index in [-0.39, 0.29) is 32.2 Å². The van der Waals surface area contributed by atoms with Gasteiger partial charge in [-0.2, -0.15) is 0 Å². The number of hydrogen-bond acceptors (Lipinski definition) is 7. The molecule has 0 spiro atoms. The van der Waals surface area contributed by atoms with Crippen LogP contribution in [-0.4, -0.2) is 87.4 Å². The molecule has 9 heteroatoms. The van der Waals surface area contributed by atoms with E-state index < -0.39 is 24.3 Å². The Morgan fingerprint density at radius 1 is 0.554 bits per heavy atom. The predicted molar refractivity (Wildman–Crippen MR) is 230 cm³/mol. The molecule has 0 heterocycles. The van der Waals surface area contributed by atoms with Crippen molar-refractivity contribution in [2.75, 3.05) is 47.5 Å². The summed E-state index contributed by atoms with van der Waals surface area (Å²) in [5, 5.41) is 9.62. The van der Waals surface area contributed by atoms with Crippen molar-refractivity contribution in [1.82, 2.24) is 0 Å². The monoisotopic (exact) mass is 791 g/mol. The van der Waals surface area contributed by atoms with Gasteiger partial charge in [-0.3, -0.25) is 9.59 Å². The predicted octanol–water partition coefficient (Wildman–Crippen LogP) is 11.6.